The van der Waals surface area contributed by atoms with Crippen LogP contribution in [0.3, 0.4) is 0 Å². The summed E-state index contributed by atoms with van der Waals surface area (Å²) < 4.78 is 18.4. The van der Waals surface area contributed by atoms with Gasteiger partial charge in [-0.1, -0.05) is 18.2 Å². The normalized spacial score (nSPS) is 22.2. The van der Waals surface area contributed by atoms with E-state index in [-0.39, 0.29) is 30.8 Å². The van der Waals surface area contributed by atoms with Gasteiger partial charge in [0, 0.05) is 49.4 Å². The number of amides is 2. The van der Waals surface area contributed by atoms with Crippen molar-refractivity contribution < 1.29 is 19.1 Å². The molecule has 1 unspecified atom stereocenters. The average Bonchev–Trinajstić information content (AvgIpc) is 3.68. The third kappa shape index (κ3) is 5.28. The zero-order chi connectivity index (χ0) is 30.7. The Balaban J connectivity index is 1.25. The van der Waals surface area contributed by atoms with Crippen LogP contribution >= 0.6 is 0 Å². The Bertz CT molecular complexity index is 1720. The second-order valence-electron chi connectivity index (χ2n) is 13.2. The van der Waals surface area contributed by atoms with E-state index in [1.54, 1.807) is 21.7 Å². The number of likely N-dealkylation sites (tertiary alicyclic amines) is 2. The van der Waals surface area contributed by atoms with Gasteiger partial charge in [-0.15, -0.1) is 0 Å². The van der Waals surface area contributed by atoms with Crippen molar-refractivity contribution in [1.82, 2.24) is 24.0 Å². The Morgan fingerprint density at radius 2 is 1.86 bits per heavy atom. The predicted molar refractivity (Wildman–Crippen MR) is 167 cm³/mol. The first-order valence-corrected chi connectivity index (χ1v) is 15.9. The molecule has 4 aromatic rings. The van der Waals surface area contributed by atoms with Gasteiger partial charge in [0.2, 0.25) is 0 Å². The maximum atomic E-state index is 14.2. The Hall–Kier alpha value is -3.76. The molecule has 1 aromatic carbocycles. The molecule has 3 N–H and O–H groups in total. The van der Waals surface area contributed by atoms with Crippen LogP contribution in [-0.4, -0.2) is 85.4 Å². The highest BCUT2D eigenvalue weighted by atomic mass is 19.1. The van der Waals surface area contributed by atoms with Crippen LogP contribution in [0.25, 0.3) is 27.8 Å². The number of aromatic nitrogens is 3. The molecule has 1 aliphatic carbocycles. The smallest absolute Gasteiger partial charge is 0.255 e. The molecule has 5 heterocycles. The highest BCUT2D eigenvalue weighted by Crippen LogP contribution is 2.41. The Kier molecular flexibility index (Phi) is 7.45. The Morgan fingerprint density at radius 1 is 1.09 bits per heavy atom. The molecule has 3 aliphatic rings. The van der Waals surface area contributed by atoms with Crippen LogP contribution in [0.4, 0.5) is 4.39 Å². The summed E-state index contributed by atoms with van der Waals surface area (Å²) in [7, 11) is 0. The van der Waals surface area contributed by atoms with E-state index >= 15 is 0 Å². The first kappa shape index (κ1) is 29.0. The number of benzene rings is 1. The number of aryl methyl sites for hydroxylation is 1. The van der Waals surface area contributed by atoms with Crippen LogP contribution < -0.4 is 5.73 Å². The van der Waals surface area contributed by atoms with Gasteiger partial charge >= 0.3 is 0 Å². The van der Waals surface area contributed by atoms with Crippen molar-refractivity contribution in [3.63, 3.8) is 0 Å². The van der Waals surface area contributed by atoms with Gasteiger partial charge in [0.15, 0.2) is 0 Å². The molecule has 10 heteroatoms. The molecule has 9 nitrogen and oxygen atoms in total. The molecule has 2 saturated heterocycles. The van der Waals surface area contributed by atoms with Crippen molar-refractivity contribution in [3.05, 3.63) is 59.3 Å². The van der Waals surface area contributed by atoms with E-state index in [2.05, 4.69) is 35.8 Å². The number of hydrogen-bond acceptors (Lipinski definition) is 5. The molecule has 1 saturated carbocycles. The van der Waals surface area contributed by atoms with E-state index < -0.39 is 12.3 Å². The molecule has 0 spiro atoms. The standard InChI is InChI=1S/C34H41FN6O3/c1-20-29-9-8-25(34(44)39-18-26(35)15-27(36)19-39)17-41(29)37-31(20)30-14-24-4-3-5-28(32(24)40(30)16-22-6-7-22)23-10-12-38(13-11-23)33(43)21(2)42/h3-5,8-9,14,17,21-23,26-27,42H,6-7,10-13,15-16,18-19,36H2,1-2H3/t21?,26-,27-/m1/s1. The van der Waals surface area contributed by atoms with Gasteiger partial charge in [-0.2, -0.15) is 5.10 Å². The van der Waals surface area contributed by atoms with Crippen molar-refractivity contribution in [2.24, 2.45) is 11.7 Å². The number of aliphatic hydroxyl groups is 1. The topological polar surface area (TPSA) is 109 Å². The number of carbonyl (C=O) groups is 2. The number of nitrogens with two attached hydrogens (primary N) is 1. The van der Waals surface area contributed by atoms with E-state index in [0.717, 1.165) is 41.9 Å². The number of alkyl halides is 1. The van der Waals surface area contributed by atoms with Crippen LogP contribution in [0, 0.1) is 12.8 Å². The van der Waals surface area contributed by atoms with Crippen LogP contribution in [0.2, 0.25) is 0 Å². The van der Waals surface area contributed by atoms with Gasteiger partial charge in [0.1, 0.15) is 18.0 Å². The van der Waals surface area contributed by atoms with Gasteiger partial charge in [0.05, 0.1) is 28.8 Å². The molecular weight excluding hydrogens is 559 g/mol. The number of pyridine rings is 1. The maximum absolute atomic E-state index is 14.2. The molecule has 232 valence electrons. The zero-order valence-corrected chi connectivity index (χ0v) is 25.5. The lowest BCUT2D eigenvalue weighted by molar-refractivity contribution is -0.140. The van der Waals surface area contributed by atoms with E-state index in [1.165, 1.54) is 41.1 Å². The van der Waals surface area contributed by atoms with Gasteiger partial charge in [-0.25, -0.2) is 8.91 Å². The first-order valence-electron chi connectivity index (χ1n) is 15.9. The van der Waals surface area contributed by atoms with E-state index in [1.807, 2.05) is 6.07 Å². The minimum atomic E-state index is -1.11. The van der Waals surface area contributed by atoms with E-state index in [0.29, 0.717) is 37.0 Å². The van der Waals surface area contributed by atoms with Crippen molar-refractivity contribution in [2.45, 2.75) is 76.7 Å². The summed E-state index contributed by atoms with van der Waals surface area (Å²) in [6.45, 7) is 6.23. The highest BCUT2D eigenvalue weighted by molar-refractivity contribution is 5.95. The number of hydrogen-bond donors (Lipinski definition) is 2. The average molecular weight is 601 g/mol. The summed E-state index contributed by atoms with van der Waals surface area (Å²) in [5, 5.41) is 16.0. The third-order valence-electron chi connectivity index (χ3n) is 9.78. The summed E-state index contributed by atoms with van der Waals surface area (Å²) in [6, 6.07) is 12.1. The summed E-state index contributed by atoms with van der Waals surface area (Å²) in [5.41, 5.74) is 12.9. The molecule has 7 rings (SSSR count). The summed E-state index contributed by atoms with van der Waals surface area (Å²) >= 11 is 0. The SMILES string of the molecule is Cc1c(-c2cc3cccc(C4CCN(C(=O)C(C)O)CC4)c3n2CC2CC2)nn2cc(C(=O)N3C[C@H](N)C[C@@H](F)C3)ccc12. The highest BCUT2D eigenvalue weighted by Gasteiger charge is 2.31. The van der Waals surface area contributed by atoms with Crippen molar-refractivity contribution >= 4 is 28.2 Å². The largest absolute Gasteiger partial charge is 0.384 e. The number of fused-ring (bicyclic) bond motifs is 2. The van der Waals surface area contributed by atoms with Gasteiger partial charge < -0.3 is 25.2 Å². The van der Waals surface area contributed by atoms with Crippen molar-refractivity contribution in [1.29, 1.82) is 0 Å². The first-order chi connectivity index (χ1) is 21.2. The fraction of sp³-hybridized carbons (Fsp3) is 0.500. The quantitative estimate of drug-likeness (QED) is 0.344. The molecule has 2 amide bonds. The maximum Gasteiger partial charge on any atom is 0.255 e. The van der Waals surface area contributed by atoms with Crippen LogP contribution in [-0.2, 0) is 11.3 Å². The van der Waals surface area contributed by atoms with E-state index in [4.69, 9.17) is 10.8 Å². The van der Waals surface area contributed by atoms with Gasteiger partial charge in [0.25, 0.3) is 11.8 Å². The number of rotatable bonds is 6. The van der Waals surface area contributed by atoms with E-state index in [9.17, 15) is 19.1 Å². The summed E-state index contributed by atoms with van der Waals surface area (Å²) in [5.74, 6) is 0.534. The summed E-state index contributed by atoms with van der Waals surface area (Å²) in [6.07, 6.45) is 4.11. The molecular formula is C34H41FN6O3. The number of piperidine rings is 2. The van der Waals surface area contributed by atoms with Gasteiger partial charge in [-0.05, 0) is 81.5 Å². The predicted octanol–water partition coefficient (Wildman–Crippen LogP) is 4.27. The molecule has 0 radical (unpaired) electrons. The number of halogens is 1. The van der Waals surface area contributed by atoms with Crippen LogP contribution in [0.5, 0.6) is 0 Å². The van der Waals surface area contributed by atoms with Gasteiger partial charge in [-0.3, -0.25) is 9.59 Å². The molecule has 3 atom stereocenters. The lowest BCUT2D eigenvalue weighted by atomic mass is 9.88. The molecule has 3 fully saturated rings. The van der Waals surface area contributed by atoms with Crippen molar-refractivity contribution in [2.75, 3.05) is 26.2 Å². The van der Waals surface area contributed by atoms with Crippen molar-refractivity contribution in [3.8, 4) is 11.4 Å². The molecule has 0 bridgehead atoms. The fourth-order valence-electron chi connectivity index (χ4n) is 7.27. The lowest BCUT2D eigenvalue weighted by Crippen LogP contribution is -2.50. The summed E-state index contributed by atoms with van der Waals surface area (Å²) in [4.78, 5) is 29.0. The lowest BCUT2D eigenvalue weighted by Gasteiger charge is -2.33. The minimum Gasteiger partial charge on any atom is -0.384 e. The number of nitrogens with zero attached hydrogens (tertiary/aromatic N) is 5. The van der Waals surface area contributed by atoms with Crippen LogP contribution in [0.1, 0.15) is 66.4 Å². The number of aliphatic hydroxyl groups excluding tert-OH is 1. The van der Waals surface area contributed by atoms with Crippen LogP contribution in [0.15, 0.2) is 42.6 Å². The Labute approximate surface area is 256 Å². The fourth-order valence-corrected chi connectivity index (χ4v) is 7.27. The zero-order valence-electron chi connectivity index (χ0n) is 25.5. The minimum absolute atomic E-state index is 0.0629. The Morgan fingerprint density at radius 3 is 2.57 bits per heavy atom. The third-order valence-corrected chi connectivity index (χ3v) is 9.78. The second kappa shape index (κ2) is 11.3. The monoisotopic (exact) mass is 600 g/mol. The number of carbonyl (C=O) groups excluding carboxylic acids is 2. The molecule has 3 aromatic heterocycles. The number of para-hydroxylation sites is 1. The molecule has 44 heavy (non-hydrogen) atoms. The second-order valence-corrected chi connectivity index (χ2v) is 13.2. The molecule has 2 aliphatic heterocycles.